The Balaban J connectivity index is 2.10. The zero-order chi connectivity index (χ0) is 13.8. The number of nitrogens with two attached hydrogens (primary N) is 1. The number of anilines is 1. The fraction of sp³-hybridized carbons (Fsp3) is 0.385. The molecule has 2 rings (SSSR count). The molecule has 3 N–H and O–H groups in total. The van der Waals surface area contributed by atoms with Crippen molar-refractivity contribution in [2.75, 3.05) is 18.5 Å². The second-order valence-corrected chi connectivity index (χ2v) is 4.59. The summed E-state index contributed by atoms with van der Waals surface area (Å²) in [4.78, 5) is 26.6. The molecular formula is C13H18N4O2. The van der Waals surface area contributed by atoms with Crippen LogP contribution in [0.3, 0.4) is 0 Å². The quantitative estimate of drug-likeness (QED) is 0.479. The third-order valence-corrected chi connectivity index (χ3v) is 3.19. The lowest BCUT2D eigenvalue weighted by molar-refractivity contribution is -0.121. The summed E-state index contributed by atoms with van der Waals surface area (Å²) in [6, 6.07) is 7.78. The van der Waals surface area contributed by atoms with Crippen molar-refractivity contribution in [3.05, 3.63) is 29.8 Å². The van der Waals surface area contributed by atoms with Gasteiger partial charge in [-0.25, -0.2) is 10.6 Å². The van der Waals surface area contributed by atoms with Gasteiger partial charge in [0.25, 0.3) is 0 Å². The maximum Gasteiger partial charge on any atom is 0.324 e. The van der Waals surface area contributed by atoms with Crippen LogP contribution in [0.5, 0.6) is 0 Å². The molecule has 0 saturated heterocycles. The van der Waals surface area contributed by atoms with E-state index in [-0.39, 0.29) is 11.9 Å². The first kappa shape index (κ1) is 13.4. The first-order valence-electron chi connectivity index (χ1n) is 6.23. The molecule has 0 aromatic heterocycles. The largest absolute Gasteiger partial charge is 0.324 e. The Morgan fingerprint density at radius 1 is 1.42 bits per heavy atom. The molecule has 0 bridgehead atoms. The molecule has 1 aromatic carbocycles. The Kier molecular flexibility index (Phi) is 4.01. The third-order valence-electron chi connectivity index (χ3n) is 3.19. The number of hydrazine groups is 1. The van der Waals surface area contributed by atoms with Crippen LogP contribution in [0.4, 0.5) is 10.5 Å². The summed E-state index contributed by atoms with van der Waals surface area (Å²) in [5.41, 5.74) is 4.14. The minimum absolute atomic E-state index is 0.0353. The molecule has 3 amide bonds. The highest BCUT2D eigenvalue weighted by atomic mass is 16.2. The van der Waals surface area contributed by atoms with Gasteiger partial charge < -0.3 is 4.90 Å². The number of nitrogens with one attached hydrogen (secondary N) is 1. The molecule has 6 nitrogen and oxygen atoms in total. The maximum absolute atomic E-state index is 12.2. The van der Waals surface area contributed by atoms with Crippen LogP contribution >= 0.6 is 0 Å². The van der Waals surface area contributed by atoms with Gasteiger partial charge in [-0.3, -0.25) is 15.1 Å². The number of carbonyl (C=O) groups excluding carboxylic acids is 2. The predicted octanol–water partition coefficient (Wildman–Crippen LogP) is 0.829. The van der Waals surface area contributed by atoms with E-state index in [4.69, 9.17) is 5.84 Å². The van der Waals surface area contributed by atoms with Gasteiger partial charge in [-0.1, -0.05) is 18.2 Å². The molecular weight excluding hydrogens is 244 g/mol. The minimum Gasteiger partial charge on any atom is -0.323 e. The summed E-state index contributed by atoms with van der Waals surface area (Å²) in [7, 11) is 1.78. The van der Waals surface area contributed by atoms with Gasteiger partial charge in [0, 0.05) is 26.6 Å². The lowest BCUT2D eigenvalue weighted by Gasteiger charge is -2.35. The Hall–Kier alpha value is -2.08. The zero-order valence-electron chi connectivity index (χ0n) is 10.9. The number of rotatable bonds is 4. The molecule has 0 atom stereocenters. The fourth-order valence-corrected chi connectivity index (χ4v) is 2.23. The molecule has 1 aliphatic rings. The molecule has 0 saturated carbocycles. The molecule has 102 valence electrons. The van der Waals surface area contributed by atoms with Crippen molar-refractivity contribution in [2.24, 2.45) is 5.84 Å². The molecule has 0 spiro atoms. The van der Waals surface area contributed by atoms with Gasteiger partial charge in [0.1, 0.15) is 0 Å². The van der Waals surface area contributed by atoms with E-state index in [0.29, 0.717) is 25.9 Å². The van der Waals surface area contributed by atoms with Crippen LogP contribution in [0.25, 0.3) is 0 Å². The first-order chi connectivity index (χ1) is 9.13. The minimum atomic E-state index is -0.217. The number of hydrogen-bond donors (Lipinski definition) is 2. The summed E-state index contributed by atoms with van der Waals surface area (Å²) in [5.74, 6) is 4.81. The number of nitrogens with zero attached hydrogens (tertiary/aromatic N) is 2. The van der Waals surface area contributed by atoms with E-state index >= 15 is 0 Å². The van der Waals surface area contributed by atoms with Crippen molar-refractivity contribution >= 4 is 17.6 Å². The van der Waals surface area contributed by atoms with Crippen molar-refractivity contribution in [1.82, 2.24) is 10.3 Å². The third kappa shape index (κ3) is 2.85. The van der Waals surface area contributed by atoms with Crippen molar-refractivity contribution in [1.29, 1.82) is 0 Å². The molecule has 0 radical (unpaired) electrons. The highest BCUT2D eigenvalue weighted by molar-refractivity contribution is 5.94. The average Bonchev–Trinajstić information content (AvgIpc) is 2.42. The van der Waals surface area contributed by atoms with Gasteiger partial charge in [-0.05, 0) is 18.1 Å². The second kappa shape index (κ2) is 5.71. The van der Waals surface area contributed by atoms with Gasteiger partial charge in [0.15, 0.2) is 0 Å². The molecule has 6 heteroatoms. The average molecular weight is 262 g/mol. The number of para-hydroxylation sites is 1. The van der Waals surface area contributed by atoms with Crippen LogP contribution in [-0.4, -0.2) is 30.4 Å². The predicted molar refractivity (Wildman–Crippen MR) is 72.2 cm³/mol. The van der Waals surface area contributed by atoms with Crippen molar-refractivity contribution in [3.8, 4) is 0 Å². The summed E-state index contributed by atoms with van der Waals surface area (Å²) < 4.78 is 0. The van der Waals surface area contributed by atoms with Gasteiger partial charge in [-0.15, -0.1) is 0 Å². The summed E-state index contributed by atoms with van der Waals surface area (Å²) in [6.45, 7) is 1.13. The number of hydrogen-bond acceptors (Lipinski definition) is 3. The monoisotopic (exact) mass is 262 g/mol. The van der Waals surface area contributed by atoms with Gasteiger partial charge in [-0.2, -0.15) is 0 Å². The summed E-state index contributed by atoms with van der Waals surface area (Å²) in [5, 5.41) is 0. The van der Waals surface area contributed by atoms with Crippen molar-refractivity contribution in [2.45, 2.75) is 19.4 Å². The second-order valence-electron chi connectivity index (χ2n) is 4.59. The SMILES string of the molecule is CN1Cc2ccccc2N(CCCC(=O)NN)C1=O. The topological polar surface area (TPSA) is 78.7 Å². The lowest BCUT2D eigenvalue weighted by Crippen LogP contribution is -2.45. The molecule has 1 aromatic rings. The van der Waals surface area contributed by atoms with Crippen LogP contribution in [0.2, 0.25) is 0 Å². The number of fused-ring (bicyclic) bond motifs is 1. The number of carbonyl (C=O) groups is 2. The fourth-order valence-electron chi connectivity index (χ4n) is 2.23. The van der Waals surface area contributed by atoms with E-state index in [2.05, 4.69) is 5.43 Å². The summed E-state index contributed by atoms with van der Waals surface area (Å²) in [6.07, 6.45) is 0.892. The van der Waals surface area contributed by atoms with Crippen LogP contribution in [0, 0.1) is 0 Å². The maximum atomic E-state index is 12.2. The Labute approximate surface area is 112 Å². The highest BCUT2D eigenvalue weighted by Gasteiger charge is 2.27. The molecule has 0 aliphatic carbocycles. The number of urea groups is 1. The number of amides is 3. The molecule has 19 heavy (non-hydrogen) atoms. The van der Waals surface area contributed by atoms with Gasteiger partial charge >= 0.3 is 6.03 Å². The van der Waals surface area contributed by atoms with Crippen molar-refractivity contribution < 1.29 is 9.59 Å². The van der Waals surface area contributed by atoms with Crippen LogP contribution in [0.1, 0.15) is 18.4 Å². The molecule has 1 aliphatic heterocycles. The van der Waals surface area contributed by atoms with Gasteiger partial charge in [0.05, 0.1) is 5.69 Å². The van der Waals surface area contributed by atoms with E-state index in [1.807, 2.05) is 24.3 Å². The van der Waals surface area contributed by atoms with E-state index in [9.17, 15) is 9.59 Å². The highest BCUT2D eigenvalue weighted by Crippen LogP contribution is 2.27. The van der Waals surface area contributed by atoms with Gasteiger partial charge in [0.2, 0.25) is 5.91 Å². The lowest BCUT2D eigenvalue weighted by atomic mass is 10.1. The Bertz CT molecular complexity index is 489. The Morgan fingerprint density at radius 2 is 2.16 bits per heavy atom. The van der Waals surface area contributed by atoms with Crippen molar-refractivity contribution in [3.63, 3.8) is 0 Å². The van der Waals surface area contributed by atoms with Crippen LogP contribution < -0.4 is 16.2 Å². The summed E-state index contributed by atoms with van der Waals surface area (Å²) >= 11 is 0. The van der Waals surface area contributed by atoms with E-state index in [0.717, 1.165) is 11.3 Å². The standard InChI is InChI=1S/C13H18N4O2/c1-16-9-10-5-2-3-6-11(10)17(13(16)19)8-4-7-12(18)15-14/h2-3,5-6H,4,7-9,14H2,1H3,(H,15,18). The molecule has 0 fully saturated rings. The van der Waals surface area contributed by atoms with E-state index < -0.39 is 0 Å². The van der Waals surface area contributed by atoms with E-state index in [1.165, 1.54) is 0 Å². The Morgan fingerprint density at radius 3 is 2.89 bits per heavy atom. The smallest absolute Gasteiger partial charge is 0.323 e. The number of benzene rings is 1. The first-order valence-corrected chi connectivity index (χ1v) is 6.23. The molecule has 0 unspecified atom stereocenters. The zero-order valence-corrected chi connectivity index (χ0v) is 10.9. The van der Waals surface area contributed by atoms with Crippen LogP contribution in [-0.2, 0) is 11.3 Å². The van der Waals surface area contributed by atoms with E-state index in [1.54, 1.807) is 16.8 Å². The normalized spacial score (nSPS) is 14.3. The molecule has 1 heterocycles. The van der Waals surface area contributed by atoms with Crippen LogP contribution in [0.15, 0.2) is 24.3 Å².